The highest BCUT2D eigenvalue weighted by Crippen LogP contribution is 2.29. The third-order valence-corrected chi connectivity index (χ3v) is 2.35. The smallest absolute Gasteiger partial charge is 0.384 e. The minimum absolute atomic E-state index is 0.387. The summed E-state index contributed by atoms with van der Waals surface area (Å²) in [7, 11) is 0. The summed E-state index contributed by atoms with van der Waals surface area (Å²) in [6, 6.07) is 0. The second kappa shape index (κ2) is 4.91. The van der Waals surface area contributed by atoms with Gasteiger partial charge in [0.25, 0.3) is 0 Å². The molecule has 0 bridgehead atoms. The summed E-state index contributed by atoms with van der Waals surface area (Å²) in [4.78, 5) is 10.9. The van der Waals surface area contributed by atoms with Gasteiger partial charge in [0.1, 0.15) is 0 Å². The molecular formula is C11H16O2. The molecular weight excluding hydrogens is 164 g/mol. The average molecular weight is 180 g/mol. The van der Waals surface area contributed by atoms with E-state index in [-0.39, 0.29) is 5.97 Å². The van der Waals surface area contributed by atoms with Gasteiger partial charge < -0.3 is 4.74 Å². The zero-order chi connectivity index (χ0) is 9.68. The average Bonchev–Trinajstić information content (AvgIpc) is 2.49. The van der Waals surface area contributed by atoms with Gasteiger partial charge in [0, 0.05) is 11.8 Å². The van der Waals surface area contributed by atoms with Gasteiger partial charge in [0.05, 0.1) is 6.61 Å². The van der Waals surface area contributed by atoms with Crippen LogP contribution < -0.4 is 0 Å². The van der Waals surface area contributed by atoms with Gasteiger partial charge in [-0.2, -0.15) is 0 Å². The largest absolute Gasteiger partial charge is 0.456 e. The summed E-state index contributed by atoms with van der Waals surface area (Å²) in [5, 5.41) is 0. The van der Waals surface area contributed by atoms with E-state index >= 15 is 0 Å². The van der Waals surface area contributed by atoms with E-state index in [1.807, 2.05) is 0 Å². The molecule has 0 aliphatic heterocycles. The number of ether oxygens (including phenoxy) is 1. The van der Waals surface area contributed by atoms with Gasteiger partial charge in [-0.25, -0.2) is 4.79 Å². The third kappa shape index (κ3) is 3.50. The van der Waals surface area contributed by atoms with Crippen LogP contribution in [0.4, 0.5) is 0 Å². The molecule has 1 aliphatic rings. The lowest BCUT2D eigenvalue weighted by Crippen LogP contribution is -2.00. The van der Waals surface area contributed by atoms with Gasteiger partial charge in [-0.15, -0.1) is 0 Å². The Hall–Kier alpha value is -0.970. The number of rotatable bonds is 1. The van der Waals surface area contributed by atoms with Crippen molar-refractivity contribution >= 4 is 5.97 Å². The van der Waals surface area contributed by atoms with Crippen LogP contribution in [-0.4, -0.2) is 12.6 Å². The van der Waals surface area contributed by atoms with Crippen molar-refractivity contribution in [3.8, 4) is 11.8 Å². The molecule has 0 amide bonds. The van der Waals surface area contributed by atoms with Crippen molar-refractivity contribution in [2.24, 2.45) is 11.8 Å². The van der Waals surface area contributed by atoms with Gasteiger partial charge in [-0.1, -0.05) is 12.8 Å². The molecule has 0 radical (unpaired) electrons. The summed E-state index contributed by atoms with van der Waals surface area (Å²) in [6.07, 6.45) is 3.50. The second-order valence-electron chi connectivity index (χ2n) is 3.60. The van der Waals surface area contributed by atoms with Crippen molar-refractivity contribution in [1.29, 1.82) is 0 Å². The van der Waals surface area contributed by atoms with Crippen LogP contribution in [0.2, 0.25) is 0 Å². The minimum Gasteiger partial charge on any atom is -0.456 e. The van der Waals surface area contributed by atoms with Crippen LogP contribution in [0.15, 0.2) is 0 Å². The Labute approximate surface area is 79.7 Å². The first-order valence-corrected chi connectivity index (χ1v) is 4.90. The maximum atomic E-state index is 10.9. The van der Waals surface area contributed by atoms with E-state index in [0.29, 0.717) is 12.5 Å². The van der Waals surface area contributed by atoms with Crippen molar-refractivity contribution in [3.05, 3.63) is 0 Å². The van der Waals surface area contributed by atoms with E-state index in [1.165, 1.54) is 6.42 Å². The molecule has 0 aromatic heterocycles. The van der Waals surface area contributed by atoms with Gasteiger partial charge in [0.2, 0.25) is 0 Å². The first kappa shape index (κ1) is 10.1. The Kier molecular flexibility index (Phi) is 3.82. The van der Waals surface area contributed by atoms with Gasteiger partial charge in [0.15, 0.2) is 0 Å². The van der Waals surface area contributed by atoms with Crippen LogP contribution in [-0.2, 0) is 9.53 Å². The number of esters is 1. The van der Waals surface area contributed by atoms with Gasteiger partial charge in [-0.3, -0.25) is 0 Å². The van der Waals surface area contributed by atoms with E-state index in [4.69, 9.17) is 4.74 Å². The van der Waals surface area contributed by atoms with E-state index in [9.17, 15) is 4.79 Å². The molecule has 1 aliphatic carbocycles. The van der Waals surface area contributed by atoms with E-state index < -0.39 is 0 Å². The van der Waals surface area contributed by atoms with Gasteiger partial charge >= 0.3 is 5.97 Å². The van der Waals surface area contributed by atoms with Crippen LogP contribution >= 0.6 is 0 Å². The third-order valence-electron chi connectivity index (χ3n) is 2.35. The highest BCUT2D eigenvalue weighted by molar-refractivity contribution is 5.88. The Bertz CT molecular complexity index is 234. The number of hydrogen-bond acceptors (Lipinski definition) is 2. The van der Waals surface area contributed by atoms with Crippen molar-refractivity contribution in [3.63, 3.8) is 0 Å². The lowest BCUT2D eigenvalue weighted by molar-refractivity contribution is -0.136. The molecule has 0 aromatic carbocycles. The van der Waals surface area contributed by atoms with Crippen molar-refractivity contribution in [1.82, 2.24) is 0 Å². The van der Waals surface area contributed by atoms with Crippen LogP contribution in [0.1, 0.15) is 33.1 Å². The lowest BCUT2D eigenvalue weighted by atomic mass is 10.1. The van der Waals surface area contributed by atoms with Gasteiger partial charge in [-0.05, 0) is 32.1 Å². The zero-order valence-electron chi connectivity index (χ0n) is 8.30. The fourth-order valence-corrected chi connectivity index (χ4v) is 1.67. The molecule has 1 rings (SSSR count). The van der Waals surface area contributed by atoms with Crippen molar-refractivity contribution in [2.75, 3.05) is 6.61 Å². The molecule has 0 heterocycles. The van der Waals surface area contributed by atoms with Crippen molar-refractivity contribution < 1.29 is 9.53 Å². The molecule has 2 nitrogen and oxygen atoms in total. The standard InChI is InChI=1S/C11H16O2/c1-3-13-11(12)7-6-10-5-4-9(2)8-10/h9-10H,3-5,8H2,1-2H3. The highest BCUT2D eigenvalue weighted by Gasteiger charge is 2.19. The first-order chi connectivity index (χ1) is 6.22. The summed E-state index contributed by atoms with van der Waals surface area (Å²) < 4.78 is 4.72. The molecule has 0 N–H and O–H groups in total. The molecule has 72 valence electrons. The Morgan fingerprint density at radius 1 is 1.54 bits per heavy atom. The first-order valence-electron chi connectivity index (χ1n) is 4.90. The van der Waals surface area contributed by atoms with Crippen LogP contribution in [0.3, 0.4) is 0 Å². The Morgan fingerprint density at radius 3 is 2.85 bits per heavy atom. The molecule has 2 heteroatoms. The number of carbonyl (C=O) groups is 1. The summed E-state index contributed by atoms with van der Waals surface area (Å²) in [6.45, 7) is 4.43. The molecule has 0 saturated heterocycles. The molecule has 0 spiro atoms. The van der Waals surface area contributed by atoms with Crippen LogP contribution in [0, 0.1) is 23.7 Å². The predicted molar refractivity (Wildman–Crippen MR) is 50.9 cm³/mol. The number of hydrogen-bond donors (Lipinski definition) is 0. The molecule has 2 unspecified atom stereocenters. The minimum atomic E-state index is -0.387. The molecule has 1 fully saturated rings. The van der Waals surface area contributed by atoms with E-state index in [0.717, 1.165) is 18.8 Å². The SMILES string of the molecule is CCOC(=O)C#CC1CCC(C)C1. The fourth-order valence-electron chi connectivity index (χ4n) is 1.67. The normalized spacial score (nSPS) is 26.3. The molecule has 1 saturated carbocycles. The topological polar surface area (TPSA) is 26.3 Å². The second-order valence-corrected chi connectivity index (χ2v) is 3.60. The monoisotopic (exact) mass is 180 g/mol. The molecule has 2 atom stereocenters. The van der Waals surface area contributed by atoms with Crippen LogP contribution in [0.25, 0.3) is 0 Å². The Balaban J connectivity index is 2.34. The fraction of sp³-hybridized carbons (Fsp3) is 0.727. The predicted octanol–water partition coefficient (Wildman–Crippen LogP) is 1.99. The zero-order valence-corrected chi connectivity index (χ0v) is 8.30. The highest BCUT2D eigenvalue weighted by atomic mass is 16.5. The maximum Gasteiger partial charge on any atom is 0.384 e. The van der Waals surface area contributed by atoms with Crippen molar-refractivity contribution in [2.45, 2.75) is 33.1 Å². The quantitative estimate of drug-likeness (QED) is 0.350. The summed E-state index contributed by atoms with van der Waals surface area (Å²) in [5.74, 6) is 6.30. The number of carbonyl (C=O) groups excluding carboxylic acids is 1. The molecule has 0 aromatic rings. The lowest BCUT2D eigenvalue weighted by Gasteiger charge is -1.98. The van der Waals surface area contributed by atoms with E-state index in [1.54, 1.807) is 6.92 Å². The summed E-state index contributed by atoms with van der Waals surface area (Å²) >= 11 is 0. The summed E-state index contributed by atoms with van der Waals surface area (Å²) in [5.41, 5.74) is 0. The van der Waals surface area contributed by atoms with E-state index in [2.05, 4.69) is 18.8 Å². The maximum absolute atomic E-state index is 10.9. The Morgan fingerprint density at radius 2 is 2.31 bits per heavy atom. The molecule has 13 heavy (non-hydrogen) atoms. The van der Waals surface area contributed by atoms with Crippen LogP contribution in [0.5, 0.6) is 0 Å².